The van der Waals surface area contributed by atoms with Crippen molar-refractivity contribution in [1.82, 2.24) is 25.8 Å². The average Bonchev–Trinajstić information content (AvgIpc) is 3.51. The van der Waals surface area contributed by atoms with E-state index in [1.165, 1.54) is 0 Å². The zero-order valence-electron chi connectivity index (χ0n) is 17.6. The van der Waals surface area contributed by atoms with Gasteiger partial charge in [-0.1, -0.05) is 6.92 Å². The average molecular weight is 408 g/mol. The maximum Gasteiger partial charge on any atom is 0.337 e. The number of rotatable bonds is 8. The zero-order chi connectivity index (χ0) is 21.0. The van der Waals surface area contributed by atoms with Gasteiger partial charge in [-0.2, -0.15) is 0 Å². The van der Waals surface area contributed by atoms with E-state index in [9.17, 15) is 14.4 Å². The number of carbonyl (C=O) groups is 3. The van der Waals surface area contributed by atoms with E-state index < -0.39 is 0 Å². The standard InChI is InChI=1S/C20H33N5O4/c1-4-15-17(19(27)29-5-2)16(23-20(28)22-15)12-24-8-10-25(11-9-24)13(3)18(26)21-14-6-7-14/h13-15H,4-12H2,1-3H3,(H,21,26)(H2,22,23,28). The van der Waals surface area contributed by atoms with Crippen molar-refractivity contribution in [2.24, 2.45) is 0 Å². The topological polar surface area (TPSA) is 103 Å². The molecule has 2 heterocycles. The molecule has 1 saturated carbocycles. The highest BCUT2D eigenvalue weighted by molar-refractivity contribution is 5.94. The highest BCUT2D eigenvalue weighted by atomic mass is 16.5. The first-order chi connectivity index (χ1) is 13.9. The second kappa shape index (κ2) is 9.58. The van der Waals surface area contributed by atoms with Gasteiger partial charge in [0.25, 0.3) is 0 Å². The van der Waals surface area contributed by atoms with Crippen LogP contribution in [0.1, 0.15) is 40.0 Å². The van der Waals surface area contributed by atoms with Crippen LogP contribution in [0.4, 0.5) is 4.79 Å². The molecule has 3 aliphatic rings. The first-order valence-corrected chi connectivity index (χ1v) is 10.7. The van der Waals surface area contributed by atoms with Crippen LogP contribution in [0.25, 0.3) is 0 Å². The molecule has 0 bridgehead atoms. The number of hydrogen-bond donors (Lipinski definition) is 3. The molecule has 9 nitrogen and oxygen atoms in total. The molecular weight excluding hydrogens is 374 g/mol. The fourth-order valence-electron chi connectivity index (χ4n) is 3.83. The Morgan fingerprint density at radius 2 is 1.90 bits per heavy atom. The maximum absolute atomic E-state index is 12.5. The third kappa shape index (κ3) is 5.48. The molecule has 1 saturated heterocycles. The Bertz CT molecular complexity index is 668. The lowest BCUT2D eigenvalue weighted by molar-refractivity contribution is -0.139. The van der Waals surface area contributed by atoms with Crippen LogP contribution in [0.5, 0.6) is 0 Å². The lowest BCUT2D eigenvalue weighted by Gasteiger charge is -2.38. The van der Waals surface area contributed by atoms with Crippen LogP contribution in [0, 0.1) is 0 Å². The minimum absolute atomic E-state index is 0.102. The molecule has 2 atom stereocenters. The highest BCUT2D eigenvalue weighted by Gasteiger charge is 2.34. The van der Waals surface area contributed by atoms with Crippen LogP contribution in [0.15, 0.2) is 11.3 Å². The molecule has 2 unspecified atom stereocenters. The van der Waals surface area contributed by atoms with Gasteiger partial charge in [-0.15, -0.1) is 0 Å². The summed E-state index contributed by atoms with van der Waals surface area (Å²) in [6, 6.07) is -0.404. The number of hydrogen-bond acceptors (Lipinski definition) is 6. The Kier molecular flexibility index (Phi) is 7.13. The van der Waals surface area contributed by atoms with Gasteiger partial charge in [-0.25, -0.2) is 9.59 Å². The van der Waals surface area contributed by atoms with Gasteiger partial charge in [0, 0.05) is 44.5 Å². The molecule has 0 aromatic rings. The molecule has 162 valence electrons. The van der Waals surface area contributed by atoms with E-state index in [-0.39, 0.29) is 30.0 Å². The Labute approximate surface area is 172 Å². The van der Waals surface area contributed by atoms with Crippen molar-refractivity contribution in [3.63, 3.8) is 0 Å². The van der Waals surface area contributed by atoms with E-state index in [2.05, 4.69) is 25.8 Å². The number of amides is 3. The summed E-state index contributed by atoms with van der Waals surface area (Å²) < 4.78 is 5.22. The van der Waals surface area contributed by atoms with Crippen molar-refractivity contribution >= 4 is 17.9 Å². The summed E-state index contributed by atoms with van der Waals surface area (Å²) >= 11 is 0. The van der Waals surface area contributed by atoms with E-state index in [1.54, 1.807) is 6.92 Å². The molecule has 1 aliphatic carbocycles. The smallest absolute Gasteiger partial charge is 0.337 e. The van der Waals surface area contributed by atoms with E-state index >= 15 is 0 Å². The van der Waals surface area contributed by atoms with Crippen molar-refractivity contribution in [2.45, 2.75) is 58.2 Å². The van der Waals surface area contributed by atoms with E-state index in [1.807, 2.05) is 13.8 Å². The Morgan fingerprint density at radius 3 is 2.48 bits per heavy atom. The summed E-state index contributed by atoms with van der Waals surface area (Å²) in [6.07, 6.45) is 2.79. The largest absolute Gasteiger partial charge is 0.463 e. The van der Waals surface area contributed by atoms with Crippen molar-refractivity contribution < 1.29 is 19.1 Å². The SMILES string of the molecule is CCOC(=O)C1=C(CN2CCN(C(C)C(=O)NC3CC3)CC2)NC(=O)NC1CC. The van der Waals surface area contributed by atoms with Gasteiger partial charge in [-0.3, -0.25) is 14.6 Å². The third-order valence-electron chi connectivity index (χ3n) is 5.79. The van der Waals surface area contributed by atoms with Gasteiger partial charge >= 0.3 is 12.0 Å². The number of nitrogens with one attached hydrogen (secondary N) is 3. The minimum atomic E-state index is -0.383. The Hall–Kier alpha value is -2.13. The van der Waals surface area contributed by atoms with Crippen molar-refractivity contribution in [1.29, 1.82) is 0 Å². The van der Waals surface area contributed by atoms with Gasteiger partial charge in [-0.05, 0) is 33.1 Å². The number of piperazine rings is 1. The highest BCUT2D eigenvalue weighted by Crippen LogP contribution is 2.20. The van der Waals surface area contributed by atoms with Gasteiger partial charge in [0.15, 0.2) is 0 Å². The van der Waals surface area contributed by atoms with E-state index in [0.717, 1.165) is 39.0 Å². The predicted molar refractivity (Wildman–Crippen MR) is 108 cm³/mol. The first-order valence-electron chi connectivity index (χ1n) is 10.7. The number of ether oxygens (including phenoxy) is 1. The number of nitrogens with zero attached hydrogens (tertiary/aromatic N) is 2. The molecule has 0 aromatic carbocycles. The molecule has 2 fully saturated rings. The van der Waals surface area contributed by atoms with Gasteiger partial charge in [0.05, 0.1) is 24.3 Å². The normalized spacial score (nSPS) is 24.5. The predicted octanol–water partition coefficient (Wildman–Crippen LogP) is 0.180. The number of esters is 1. The van der Waals surface area contributed by atoms with E-state index in [4.69, 9.17) is 4.74 Å². The summed E-state index contributed by atoms with van der Waals surface area (Å²) in [5, 5.41) is 8.67. The van der Waals surface area contributed by atoms with Crippen LogP contribution < -0.4 is 16.0 Å². The molecular formula is C20H33N5O4. The summed E-state index contributed by atoms with van der Waals surface area (Å²) in [4.78, 5) is 41.2. The molecule has 3 N–H and O–H groups in total. The third-order valence-corrected chi connectivity index (χ3v) is 5.79. The molecule has 29 heavy (non-hydrogen) atoms. The van der Waals surface area contributed by atoms with Crippen molar-refractivity contribution in [2.75, 3.05) is 39.3 Å². The van der Waals surface area contributed by atoms with Crippen LogP contribution in [-0.4, -0.2) is 85.2 Å². The van der Waals surface area contributed by atoms with Crippen molar-refractivity contribution in [3.8, 4) is 0 Å². The van der Waals surface area contributed by atoms with Crippen LogP contribution in [0.3, 0.4) is 0 Å². The molecule has 2 aliphatic heterocycles. The van der Waals surface area contributed by atoms with Gasteiger partial charge in [0.2, 0.25) is 5.91 Å². The fraction of sp³-hybridized carbons (Fsp3) is 0.750. The lowest BCUT2D eigenvalue weighted by Crippen LogP contribution is -2.56. The second-order valence-corrected chi connectivity index (χ2v) is 7.94. The second-order valence-electron chi connectivity index (χ2n) is 7.94. The van der Waals surface area contributed by atoms with Crippen molar-refractivity contribution in [3.05, 3.63) is 11.3 Å². The molecule has 0 radical (unpaired) electrons. The maximum atomic E-state index is 12.5. The van der Waals surface area contributed by atoms with Gasteiger partial charge < -0.3 is 20.7 Å². The summed E-state index contributed by atoms with van der Waals surface area (Å²) in [6.45, 7) is 9.49. The Balaban J connectivity index is 1.61. The Morgan fingerprint density at radius 1 is 1.21 bits per heavy atom. The molecule has 0 spiro atoms. The first kappa shape index (κ1) is 21.6. The quantitative estimate of drug-likeness (QED) is 0.496. The molecule has 0 aromatic heterocycles. The van der Waals surface area contributed by atoms with Crippen LogP contribution in [-0.2, 0) is 14.3 Å². The van der Waals surface area contributed by atoms with Crippen LogP contribution in [0.2, 0.25) is 0 Å². The number of carbonyl (C=O) groups excluding carboxylic acids is 3. The monoisotopic (exact) mass is 407 g/mol. The minimum Gasteiger partial charge on any atom is -0.463 e. The van der Waals surface area contributed by atoms with Gasteiger partial charge in [0.1, 0.15) is 0 Å². The zero-order valence-corrected chi connectivity index (χ0v) is 17.6. The summed E-state index contributed by atoms with van der Waals surface area (Å²) in [5.74, 6) is -0.282. The summed E-state index contributed by atoms with van der Waals surface area (Å²) in [7, 11) is 0. The molecule has 9 heteroatoms. The van der Waals surface area contributed by atoms with E-state index in [0.29, 0.717) is 36.9 Å². The lowest BCUT2D eigenvalue weighted by atomic mass is 10.00. The summed E-state index contributed by atoms with van der Waals surface area (Å²) in [5.41, 5.74) is 1.13. The number of urea groups is 1. The van der Waals surface area contributed by atoms with Crippen LogP contribution >= 0.6 is 0 Å². The fourth-order valence-corrected chi connectivity index (χ4v) is 3.83. The molecule has 3 rings (SSSR count). The molecule has 3 amide bonds.